The summed E-state index contributed by atoms with van der Waals surface area (Å²) in [7, 11) is -4.26. The van der Waals surface area contributed by atoms with E-state index < -0.39 is 26.7 Å². The second-order valence-electron chi connectivity index (χ2n) is 5.74. The molecule has 1 aromatic rings. The third-order valence-electron chi connectivity index (χ3n) is 4.02. The van der Waals surface area contributed by atoms with Crippen LogP contribution in [0.1, 0.15) is 12.5 Å². The molecule has 1 aliphatic rings. The number of piperazine rings is 1. The molecule has 0 aromatic heterocycles. The molecule has 1 aromatic carbocycles. The van der Waals surface area contributed by atoms with Gasteiger partial charge in [0.2, 0.25) is 15.9 Å². The second kappa shape index (κ2) is 7.71. The summed E-state index contributed by atoms with van der Waals surface area (Å²) in [5.74, 6) is -0.0101. The summed E-state index contributed by atoms with van der Waals surface area (Å²) in [6, 6.07) is 4.09. The normalized spacial score (nSPS) is 16.9. The largest absolute Gasteiger partial charge is 0.417 e. The van der Waals surface area contributed by atoms with Crippen LogP contribution in [-0.2, 0) is 21.0 Å². The van der Waals surface area contributed by atoms with Gasteiger partial charge in [0.05, 0.1) is 10.5 Å². The molecule has 0 atom stereocenters. The molecular weight excluding hydrogens is 359 g/mol. The topological polar surface area (TPSA) is 69.7 Å². The van der Waals surface area contributed by atoms with Crippen molar-refractivity contribution in [2.75, 3.05) is 39.3 Å². The number of hydrogen-bond acceptors (Lipinski definition) is 4. The molecule has 0 saturated carbocycles. The van der Waals surface area contributed by atoms with E-state index in [9.17, 15) is 26.4 Å². The van der Waals surface area contributed by atoms with Crippen LogP contribution in [-0.4, -0.2) is 63.4 Å². The number of carbonyl (C=O) groups excluding carboxylic acids is 1. The van der Waals surface area contributed by atoms with E-state index in [0.717, 1.165) is 18.2 Å². The zero-order valence-electron chi connectivity index (χ0n) is 13.7. The van der Waals surface area contributed by atoms with Crippen LogP contribution in [0.25, 0.3) is 0 Å². The average molecular weight is 379 g/mol. The van der Waals surface area contributed by atoms with Gasteiger partial charge in [-0.05, 0) is 12.1 Å². The predicted molar refractivity (Wildman–Crippen MR) is 85.3 cm³/mol. The number of halogens is 3. The highest BCUT2D eigenvalue weighted by molar-refractivity contribution is 7.89. The Labute approximate surface area is 144 Å². The number of hydrogen-bond donors (Lipinski definition) is 1. The molecule has 2 rings (SSSR count). The van der Waals surface area contributed by atoms with Gasteiger partial charge in [-0.15, -0.1) is 0 Å². The molecule has 0 aliphatic carbocycles. The molecule has 10 heteroatoms. The number of sulfonamides is 1. The maximum Gasteiger partial charge on any atom is 0.417 e. The molecule has 1 fully saturated rings. The summed E-state index contributed by atoms with van der Waals surface area (Å²) >= 11 is 0. The van der Waals surface area contributed by atoms with Crippen molar-refractivity contribution < 1.29 is 26.4 Å². The number of nitrogens with one attached hydrogen (secondary N) is 1. The first-order chi connectivity index (χ1) is 11.6. The first-order valence-electron chi connectivity index (χ1n) is 7.75. The Bertz CT molecular complexity index is 714. The Kier molecular flexibility index (Phi) is 6.07. The third kappa shape index (κ3) is 5.16. The van der Waals surface area contributed by atoms with Gasteiger partial charge in [0.25, 0.3) is 0 Å². The van der Waals surface area contributed by atoms with Crippen LogP contribution in [0, 0.1) is 0 Å². The van der Waals surface area contributed by atoms with Gasteiger partial charge in [0.15, 0.2) is 0 Å². The molecule has 1 heterocycles. The zero-order valence-corrected chi connectivity index (χ0v) is 14.5. The van der Waals surface area contributed by atoms with Crippen molar-refractivity contribution in [1.29, 1.82) is 0 Å². The Balaban J connectivity index is 1.94. The standard InChI is InChI=1S/C15H20F3N3O3S/c1-12(22)21-10-8-20(9-11-21)7-6-19-25(23,24)14-5-3-2-4-13(14)15(16,17)18/h2-5,19H,6-11H2,1H3. The highest BCUT2D eigenvalue weighted by atomic mass is 32.2. The lowest BCUT2D eigenvalue weighted by atomic mass is 10.2. The average Bonchev–Trinajstić information content (AvgIpc) is 2.54. The molecule has 6 nitrogen and oxygen atoms in total. The summed E-state index contributed by atoms with van der Waals surface area (Å²) in [6.07, 6.45) is -4.74. The van der Waals surface area contributed by atoms with Gasteiger partial charge in [-0.2, -0.15) is 13.2 Å². The number of benzene rings is 1. The molecule has 0 radical (unpaired) electrons. The summed E-state index contributed by atoms with van der Waals surface area (Å²) in [6.45, 7) is 4.15. The van der Waals surface area contributed by atoms with Crippen LogP contribution in [0.3, 0.4) is 0 Å². The number of rotatable bonds is 5. The number of nitrogens with zero attached hydrogens (tertiary/aromatic N) is 2. The summed E-state index contributed by atoms with van der Waals surface area (Å²) in [5, 5.41) is 0. The second-order valence-corrected chi connectivity index (χ2v) is 7.47. The van der Waals surface area contributed by atoms with Gasteiger partial charge < -0.3 is 4.90 Å². The first kappa shape index (κ1) is 19.7. The van der Waals surface area contributed by atoms with Gasteiger partial charge in [0.1, 0.15) is 0 Å². The van der Waals surface area contributed by atoms with E-state index >= 15 is 0 Å². The molecule has 1 amide bonds. The van der Waals surface area contributed by atoms with E-state index in [1.807, 2.05) is 4.90 Å². The molecule has 140 valence electrons. The summed E-state index contributed by atoms with van der Waals surface area (Å²) in [5.41, 5.74) is -1.18. The van der Waals surface area contributed by atoms with Crippen molar-refractivity contribution in [2.45, 2.75) is 18.0 Å². The number of carbonyl (C=O) groups is 1. The fourth-order valence-corrected chi connectivity index (χ4v) is 3.88. The van der Waals surface area contributed by atoms with Crippen molar-refractivity contribution in [1.82, 2.24) is 14.5 Å². The molecule has 0 unspecified atom stereocenters. The van der Waals surface area contributed by atoms with Crippen molar-refractivity contribution in [2.24, 2.45) is 0 Å². The van der Waals surface area contributed by atoms with Crippen LogP contribution < -0.4 is 4.72 Å². The number of alkyl halides is 3. The highest BCUT2D eigenvalue weighted by Gasteiger charge is 2.36. The SMILES string of the molecule is CC(=O)N1CCN(CCNS(=O)(=O)c2ccccc2C(F)(F)F)CC1. The minimum absolute atomic E-state index is 0.00536. The van der Waals surface area contributed by atoms with E-state index in [1.54, 1.807) is 4.90 Å². The molecule has 1 saturated heterocycles. The molecule has 0 bridgehead atoms. The number of amides is 1. The summed E-state index contributed by atoms with van der Waals surface area (Å²) < 4.78 is 65.5. The minimum atomic E-state index is -4.74. The van der Waals surface area contributed by atoms with Crippen LogP contribution in [0.15, 0.2) is 29.2 Å². The van der Waals surface area contributed by atoms with E-state index in [0.29, 0.717) is 32.7 Å². The van der Waals surface area contributed by atoms with Crippen LogP contribution in [0.5, 0.6) is 0 Å². The predicted octanol–water partition coefficient (Wildman–Crippen LogP) is 1.15. The Morgan fingerprint density at radius 2 is 1.76 bits per heavy atom. The lowest BCUT2D eigenvalue weighted by molar-refractivity contribution is -0.140. The monoisotopic (exact) mass is 379 g/mol. The van der Waals surface area contributed by atoms with Gasteiger partial charge in [-0.1, -0.05) is 12.1 Å². The fraction of sp³-hybridized carbons (Fsp3) is 0.533. The zero-order chi connectivity index (χ0) is 18.7. The van der Waals surface area contributed by atoms with Crippen LogP contribution >= 0.6 is 0 Å². The van der Waals surface area contributed by atoms with Gasteiger partial charge in [-0.3, -0.25) is 9.69 Å². The van der Waals surface area contributed by atoms with Gasteiger partial charge >= 0.3 is 6.18 Å². The highest BCUT2D eigenvalue weighted by Crippen LogP contribution is 2.33. The quantitative estimate of drug-likeness (QED) is 0.833. The fourth-order valence-electron chi connectivity index (χ4n) is 2.64. The molecule has 1 N–H and O–H groups in total. The van der Waals surface area contributed by atoms with Crippen LogP contribution in [0.4, 0.5) is 13.2 Å². The molecule has 0 spiro atoms. The van der Waals surface area contributed by atoms with E-state index in [-0.39, 0.29) is 12.5 Å². The Hall–Kier alpha value is -1.65. The lowest BCUT2D eigenvalue weighted by Gasteiger charge is -2.34. The summed E-state index contributed by atoms with van der Waals surface area (Å²) in [4.78, 5) is 14.1. The maximum atomic E-state index is 13.0. The Morgan fingerprint density at radius 3 is 2.32 bits per heavy atom. The Morgan fingerprint density at radius 1 is 1.16 bits per heavy atom. The third-order valence-corrected chi connectivity index (χ3v) is 5.54. The van der Waals surface area contributed by atoms with Crippen molar-refractivity contribution in [3.8, 4) is 0 Å². The van der Waals surface area contributed by atoms with E-state index in [1.165, 1.54) is 13.0 Å². The molecule has 25 heavy (non-hydrogen) atoms. The minimum Gasteiger partial charge on any atom is -0.340 e. The lowest BCUT2D eigenvalue weighted by Crippen LogP contribution is -2.49. The van der Waals surface area contributed by atoms with Crippen molar-refractivity contribution in [3.63, 3.8) is 0 Å². The van der Waals surface area contributed by atoms with Gasteiger partial charge in [-0.25, -0.2) is 13.1 Å². The van der Waals surface area contributed by atoms with Gasteiger partial charge in [0, 0.05) is 46.2 Å². The van der Waals surface area contributed by atoms with Crippen molar-refractivity contribution in [3.05, 3.63) is 29.8 Å². The van der Waals surface area contributed by atoms with Crippen molar-refractivity contribution >= 4 is 15.9 Å². The van der Waals surface area contributed by atoms with E-state index in [2.05, 4.69) is 4.72 Å². The van der Waals surface area contributed by atoms with Crippen LogP contribution in [0.2, 0.25) is 0 Å². The first-order valence-corrected chi connectivity index (χ1v) is 9.23. The molecular formula is C15H20F3N3O3S. The maximum absolute atomic E-state index is 13.0. The smallest absolute Gasteiger partial charge is 0.340 e. The molecule has 1 aliphatic heterocycles. The van der Waals surface area contributed by atoms with E-state index in [4.69, 9.17) is 0 Å².